The van der Waals surface area contributed by atoms with Crippen LogP contribution < -0.4 is 10.1 Å². The molecule has 0 atom stereocenters. The molecule has 0 unspecified atom stereocenters. The van der Waals surface area contributed by atoms with E-state index < -0.39 is 0 Å². The van der Waals surface area contributed by atoms with Gasteiger partial charge < -0.3 is 19.6 Å². The molecule has 4 rings (SSSR count). The number of aliphatic imine (C=N–C) groups is 1. The van der Waals surface area contributed by atoms with Crippen LogP contribution >= 0.6 is 12.4 Å². The summed E-state index contributed by atoms with van der Waals surface area (Å²) in [6.45, 7) is 15.0. The maximum atomic E-state index is 11.1. The lowest BCUT2D eigenvalue weighted by Gasteiger charge is -2.27. The van der Waals surface area contributed by atoms with E-state index in [4.69, 9.17) is 9.15 Å². The quantitative estimate of drug-likeness (QED) is 0.393. The number of nitrogens with one attached hydrogen (secondary N) is 1. The van der Waals surface area contributed by atoms with Gasteiger partial charge in [-0.1, -0.05) is 65.8 Å². The molecule has 0 fully saturated rings. The van der Waals surface area contributed by atoms with Gasteiger partial charge in [0.1, 0.15) is 23.6 Å². The molecule has 1 aliphatic rings. The van der Waals surface area contributed by atoms with Gasteiger partial charge in [-0.25, -0.2) is 4.98 Å². The van der Waals surface area contributed by atoms with Crippen LogP contribution in [-0.2, 0) is 23.7 Å². The molecule has 0 saturated heterocycles. The molecule has 0 amide bonds. The zero-order valence-electron chi connectivity index (χ0n) is 22.1. The summed E-state index contributed by atoms with van der Waals surface area (Å²) in [7, 11) is 0. The second kappa shape index (κ2) is 11.0. The number of phenols is 1. The van der Waals surface area contributed by atoms with Crippen molar-refractivity contribution in [2.75, 3.05) is 19.7 Å². The SMILES string of the molecule is CC(C)(C)c1cc(-c2nc(CCOc3ccccc3CC3=NCCN3)co2)c(O)c(C(C)(C)C)c1.Cl. The predicted molar refractivity (Wildman–Crippen MR) is 148 cm³/mol. The third kappa shape index (κ3) is 6.41. The van der Waals surface area contributed by atoms with Gasteiger partial charge in [0.2, 0.25) is 5.89 Å². The molecule has 0 radical (unpaired) electrons. The summed E-state index contributed by atoms with van der Waals surface area (Å²) in [5, 5.41) is 14.4. The van der Waals surface area contributed by atoms with Crippen molar-refractivity contribution in [3.05, 3.63) is 65.0 Å². The number of nitrogens with zero attached hydrogens (tertiary/aromatic N) is 2. The lowest BCUT2D eigenvalue weighted by atomic mass is 9.79. The van der Waals surface area contributed by atoms with Gasteiger partial charge in [0.15, 0.2) is 0 Å². The fourth-order valence-corrected chi connectivity index (χ4v) is 4.15. The van der Waals surface area contributed by atoms with Crippen LogP contribution in [0.2, 0.25) is 0 Å². The number of amidine groups is 1. The van der Waals surface area contributed by atoms with Crippen molar-refractivity contribution in [2.45, 2.75) is 65.2 Å². The van der Waals surface area contributed by atoms with E-state index in [0.717, 1.165) is 53.5 Å². The number of aromatic hydroxyl groups is 1. The molecular formula is C29H38ClN3O3. The van der Waals surface area contributed by atoms with Crippen LogP contribution in [0.3, 0.4) is 0 Å². The van der Waals surface area contributed by atoms with Crippen LogP contribution in [0.4, 0.5) is 0 Å². The zero-order chi connectivity index (χ0) is 25.2. The van der Waals surface area contributed by atoms with E-state index in [0.29, 0.717) is 24.5 Å². The number of phenolic OH excluding ortho intramolecular Hbond substituents is 1. The molecule has 0 aliphatic carbocycles. The highest BCUT2D eigenvalue weighted by Crippen LogP contribution is 2.41. The van der Waals surface area contributed by atoms with Gasteiger partial charge >= 0.3 is 0 Å². The summed E-state index contributed by atoms with van der Waals surface area (Å²) in [6.07, 6.45) is 2.99. The Bertz CT molecular complexity index is 1220. The van der Waals surface area contributed by atoms with Gasteiger partial charge in [-0.05, 0) is 28.5 Å². The van der Waals surface area contributed by atoms with E-state index in [1.165, 1.54) is 0 Å². The van der Waals surface area contributed by atoms with Crippen LogP contribution in [0.5, 0.6) is 11.5 Å². The van der Waals surface area contributed by atoms with Gasteiger partial charge in [0.05, 0.1) is 24.4 Å². The third-order valence-electron chi connectivity index (χ3n) is 6.26. The number of rotatable bonds is 7. The average Bonchev–Trinajstić information content (AvgIpc) is 3.46. The van der Waals surface area contributed by atoms with Crippen molar-refractivity contribution >= 4 is 18.2 Å². The van der Waals surface area contributed by atoms with Crippen LogP contribution in [-0.4, -0.2) is 35.6 Å². The van der Waals surface area contributed by atoms with Crippen molar-refractivity contribution in [3.63, 3.8) is 0 Å². The first kappa shape index (κ1) is 27.6. The Kier molecular flexibility index (Phi) is 8.40. The van der Waals surface area contributed by atoms with E-state index >= 15 is 0 Å². The van der Waals surface area contributed by atoms with Crippen molar-refractivity contribution in [2.24, 2.45) is 4.99 Å². The molecule has 7 heteroatoms. The summed E-state index contributed by atoms with van der Waals surface area (Å²) in [5.74, 6) is 2.53. The maximum Gasteiger partial charge on any atom is 0.229 e. The minimum Gasteiger partial charge on any atom is -0.507 e. The maximum absolute atomic E-state index is 11.1. The van der Waals surface area contributed by atoms with Crippen LogP contribution in [0.1, 0.15) is 63.9 Å². The number of ether oxygens (including phenoxy) is 1. The number of halogens is 1. The van der Waals surface area contributed by atoms with Gasteiger partial charge in [-0.3, -0.25) is 4.99 Å². The lowest BCUT2D eigenvalue weighted by molar-refractivity contribution is 0.318. The zero-order valence-corrected chi connectivity index (χ0v) is 23.0. The monoisotopic (exact) mass is 511 g/mol. The highest BCUT2D eigenvalue weighted by Gasteiger charge is 2.27. The molecule has 2 N–H and O–H groups in total. The van der Waals surface area contributed by atoms with Crippen molar-refractivity contribution in [3.8, 4) is 23.0 Å². The Balaban J connectivity index is 0.00000361. The number of hydrogen-bond donors (Lipinski definition) is 2. The number of para-hydroxylation sites is 1. The normalized spacial score (nSPS) is 13.7. The molecule has 0 bridgehead atoms. The Hall–Kier alpha value is -2.99. The van der Waals surface area contributed by atoms with Crippen LogP contribution in [0, 0.1) is 0 Å². The number of hydrogen-bond acceptors (Lipinski definition) is 6. The summed E-state index contributed by atoms with van der Waals surface area (Å²) < 4.78 is 11.9. The molecule has 0 saturated carbocycles. The van der Waals surface area contributed by atoms with Crippen molar-refractivity contribution < 1.29 is 14.3 Å². The molecular weight excluding hydrogens is 474 g/mol. The highest BCUT2D eigenvalue weighted by molar-refractivity contribution is 5.86. The van der Waals surface area contributed by atoms with Crippen molar-refractivity contribution in [1.29, 1.82) is 0 Å². The number of aromatic nitrogens is 1. The first-order valence-corrected chi connectivity index (χ1v) is 12.3. The molecule has 2 aromatic carbocycles. The molecule has 1 aliphatic heterocycles. The second-order valence-corrected chi connectivity index (χ2v) is 11.2. The topological polar surface area (TPSA) is 79.9 Å². The highest BCUT2D eigenvalue weighted by atomic mass is 35.5. The molecule has 6 nitrogen and oxygen atoms in total. The Morgan fingerprint density at radius 1 is 1.06 bits per heavy atom. The smallest absolute Gasteiger partial charge is 0.229 e. The Morgan fingerprint density at radius 2 is 1.81 bits per heavy atom. The first-order valence-electron chi connectivity index (χ1n) is 12.3. The Labute approximate surface area is 220 Å². The fourth-order valence-electron chi connectivity index (χ4n) is 4.15. The molecule has 3 aromatic rings. The largest absolute Gasteiger partial charge is 0.507 e. The fraction of sp³-hybridized carbons (Fsp3) is 0.448. The Morgan fingerprint density at radius 3 is 2.47 bits per heavy atom. The van der Waals surface area contributed by atoms with Crippen LogP contribution in [0.15, 0.2) is 52.1 Å². The van der Waals surface area contributed by atoms with Crippen molar-refractivity contribution in [1.82, 2.24) is 10.3 Å². The van der Waals surface area contributed by atoms with Gasteiger partial charge in [0, 0.05) is 30.5 Å². The molecule has 194 valence electrons. The molecule has 36 heavy (non-hydrogen) atoms. The van der Waals surface area contributed by atoms with Gasteiger partial charge in [-0.2, -0.15) is 0 Å². The van der Waals surface area contributed by atoms with E-state index in [-0.39, 0.29) is 29.0 Å². The third-order valence-corrected chi connectivity index (χ3v) is 6.26. The predicted octanol–water partition coefficient (Wildman–Crippen LogP) is 6.23. The average molecular weight is 512 g/mol. The summed E-state index contributed by atoms with van der Waals surface area (Å²) in [6, 6.07) is 12.2. The van der Waals surface area contributed by atoms with E-state index in [1.807, 2.05) is 24.3 Å². The second-order valence-electron chi connectivity index (χ2n) is 11.2. The van der Waals surface area contributed by atoms with E-state index in [2.05, 4.69) is 69.0 Å². The standard InChI is InChI=1S/C29H37N3O3.ClH/c1-28(2,3)20-16-22(26(33)23(17-20)29(4,5)6)27-32-21(18-35-27)11-14-34-24-10-8-7-9-19(24)15-25-30-12-13-31-25;/h7-10,16-18,33H,11-15H2,1-6H3,(H,30,31);1H. The number of oxazole rings is 1. The summed E-state index contributed by atoms with van der Waals surface area (Å²) >= 11 is 0. The molecule has 2 heterocycles. The van der Waals surface area contributed by atoms with Gasteiger partial charge in [0.25, 0.3) is 0 Å². The molecule has 0 spiro atoms. The minimum atomic E-state index is -0.212. The lowest BCUT2D eigenvalue weighted by Crippen LogP contribution is -2.20. The van der Waals surface area contributed by atoms with E-state index in [1.54, 1.807) is 6.26 Å². The number of benzene rings is 2. The van der Waals surface area contributed by atoms with E-state index in [9.17, 15) is 5.11 Å². The van der Waals surface area contributed by atoms with Crippen LogP contribution in [0.25, 0.3) is 11.5 Å². The first-order chi connectivity index (χ1) is 16.5. The minimum absolute atomic E-state index is 0. The summed E-state index contributed by atoms with van der Waals surface area (Å²) in [5.41, 5.74) is 4.27. The van der Waals surface area contributed by atoms with Gasteiger partial charge in [-0.15, -0.1) is 12.4 Å². The molecule has 1 aromatic heterocycles. The summed E-state index contributed by atoms with van der Waals surface area (Å²) in [4.78, 5) is 9.18.